The maximum Gasteiger partial charge on any atom is 0.307 e. The van der Waals surface area contributed by atoms with E-state index in [-0.39, 0.29) is 42.7 Å². The molecule has 1 aliphatic rings. The zero-order valence-corrected chi connectivity index (χ0v) is 12.7. The van der Waals surface area contributed by atoms with Crippen molar-refractivity contribution in [3.05, 3.63) is 0 Å². The van der Waals surface area contributed by atoms with Crippen molar-refractivity contribution in [2.45, 2.75) is 24.8 Å². The molecule has 0 aromatic carbocycles. The molecule has 0 aromatic rings. The second-order valence-electron chi connectivity index (χ2n) is 4.30. The number of carbonyl (C=O) groups is 3. The number of thioether (sulfide) groups is 1. The van der Waals surface area contributed by atoms with E-state index >= 15 is 0 Å². The van der Waals surface area contributed by atoms with Gasteiger partial charge in [-0.05, 0) is 6.92 Å². The second kappa shape index (κ2) is 8.11. The minimum atomic E-state index is -0.518. The number of amides is 2. The summed E-state index contributed by atoms with van der Waals surface area (Å²) in [5, 5.41) is 2.59. The Morgan fingerprint density at radius 3 is 2.65 bits per heavy atom. The van der Waals surface area contributed by atoms with Crippen LogP contribution in [0.5, 0.6) is 0 Å². The number of esters is 1. The monoisotopic (exact) mass is 304 g/mol. The Morgan fingerprint density at radius 2 is 2.05 bits per heavy atom. The van der Waals surface area contributed by atoms with Gasteiger partial charge in [-0.2, -0.15) is 0 Å². The Kier molecular flexibility index (Phi) is 6.80. The molecule has 8 heteroatoms. The van der Waals surface area contributed by atoms with E-state index in [9.17, 15) is 14.4 Å². The fourth-order valence-electron chi connectivity index (χ4n) is 1.93. The molecule has 1 saturated heterocycles. The minimum absolute atomic E-state index is 0.0448. The van der Waals surface area contributed by atoms with Crippen molar-refractivity contribution in [2.75, 3.05) is 33.1 Å². The van der Waals surface area contributed by atoms with Gasteiger partial charge < -0.3 is 19.7 Å². The fourth-order valence-corrected chi connectivity index (χ4v) is 3.13. The van der Waals surface area contributed by atoms with Gasteiger partial charge in [0.25, 0.3) is 0 Å². The molecule has 2 amide bonds. The van der Waals surface area contributed by atoms with Crippen LogP contribution in [-0.4, -0.2) is 67.2 Å². The lowest BCUT2D eigenvalue weighted by molar-refractivity contribution is -0.143. The molecule has 0 aliphatic carbocycles. The van der Waals surface area contributed by atoms with Crippen LogP contribution < -0.4 is 5.32 Å². The molecule has 114 valence electrons. The first kappa shape index (κ1) is 16.8. The molecular formula is C12H20N2O5S. The van der Waals surface area contributed by atoms with Crippen LogP contribution in [0.2, 0.25) is 0 Å². The summed E-state index contributed by atoms with van der Waals surface area (Å²) >= 11 is 1.54. The van der Waals surface area contributed by atoms with Gasteiger partial charge in [0, 0.05) is 19.4 Å². The summed E-state index contributed by atoms with van der Waals surface area (Å²) in [6.45, 7) is 2.03. The van der Waals surface area contributed by atoms with Gasteiger partial charge in [0.05, 0.1) is 18.9 Å². The molecule has 0 radical (unpaired) electrons. The van der Waals surface area contributed by atoms with E-state index in [0.717, 1.165) is 0 Å². The molecule has 0 saturated carbocycles. The van der Waals surface area contributed by atoms with Crippen LogP contribution in [0.15, 0.2) is 0 Å². The van der Waals surface area contributed by atoms with E-state index in [1.807, 2.05) is 6.92 Å². The number of ether oxygens (including phenoxy) is 2. The van der Waals surface area contributed by atoms with Gasteiger partial charge in [-0.1, -0.05) is 0 Å². The highest BCUT2D eigenvalue weighted by atomic mass is 32.2. The molecule has 0 aromatic heterocycles. The molecular weight excluding hydrogens is 284 g/mol. The molecule has 7 nitrogen and oxygen atoms in total. The molecule has 0 bridgehead atoms. The number of methoxy groups -OCH3 is 2. The Morgan fingerprint density at radius 1 is 1.35 bits per heavy atom. The van der Waals surface area contributed by atoms with Gasteiger partial charge >= 0.3 is 5.97 Å². The molecule has 1 fully saturated rings. The zero-order chi connectivity index (χ0) is 15.1. The van der Waals surface area contributed by atoms with E-state index in [1.54, 1.807) is 0 Å². The third kappa shape index (κ3) is 4.38. The quantitative estimate of drug-likeness (QED) is 0.672. The predicted molar refractivity (Wildman–Crippen MR) is 74.1 cm³/mol. The number of hydrogen-bond acceptors (Lipinski definition) is 6. The van der Waals surface area contributed by atoms with Crippen molar-refractivity contribution in [1.82, 2.24) is 10.2 Å². The Bertz CT molecular complexity index is 377. The second-order valence-corrected chi connectivity index (χ2v) is 5.65. The SMILES string of the molecule is COCC(=O)N1C(C)SCC1C(=O)NCCC(=O)OC. The maximum absolute atomic E-state index is 12.1. The molecule has 1 rings (SSSR count). The summed E-state index contributed by atoms with van der Waals surface area (Å²) in [7, 11) is 2.74. The van der Waals surface area contributed by atoms with Crippen molar-refractivity contribution in [3.8, 4) is 0 Å². The van der Waals surface area contributed by atoms with Crippen molar-refractivity contribution >= 4 is 29.5 Å². The predicted octanol–water partition coefficient (Wildman–Crippen LogP) is -0.398. The van der Waals surface area contributed by atoms with Gasteiger partial charge in [-0.3, -0.25) is 14.4 Å². The van der Waals surface area contributed by atoms with Crippen LogP contribution in [0.4, 0.5) is 0 Å². The number of nitrogens with one attached hydrogen (secondary N) is 1. The van der Waals surface area contributed by atoms with Gasteiger partial charge in [-0.25, -0.2) is 0 Å². The molecule has 1 aliphatic heterocycles. The highest BCUT2D eigenvalue weighted by Gasteiger charge is 2.38. The lowest BCUT2D eigenvalue weighted by atomic mass is 10.2. The van der Waals surface area contributed by atoms with E-state index < -0.39 is 6.04 Å². The summed E-state index contributed by atoms with van der Waals surface area (Å²) in [4.78, 5) is 36.5. The summed E-state index contributed by atoms with van der Waals surface area (Å²) in [5.41, 5.74) is 0. The van der Waals surface area contributed by atoms with E-state index in [1.165, 1.54) is 30.9 Å². The van der Waals surface area contributed by atoms with Crippen molar-refractivity contribution in [2.24, 2.45) is 0 Å². The Hall–Kier alpha value is -1.28. The molecule has 2 atom stereocenters. The highest BCUT2D eigenvalue weighted by Crippen LogP contribution is 2.28. The topological polar surface area (TPSA) is 84.9 Å². The lowest BCUT2D eigenvalue weighted by Crippen LogP contribution is -2.50. The highest BCUT2D eigenvalue weighted by molar-refractivity contribution is 8.00. The third-order valence-corrected chi connectivity index (χ3v) is 4.16. The third-order valence-electron chi connectivity index (χ3n) is 2.94. The lowest BCUT2D eigenvalue weighted by Gasteiger charge is -2.26. The Labute approximate surface area is 122 Å². The fraction of sp³-hybridized carbons (Fsp3) is 0.750. The van der Waals surface area contributed by atoms with Crippen LogP contribution in [0, 0.1) is 0 Å². The summed E-state index contributed by atoms with van der Waals surface area (Å²) in [5.74, 6) is -0.305. The average molecular weight is 304 g/mol. The molecule has 1 heterocycles. The Balaban J connectivity index is 2.53. The van der Waals surface area contributed by atoms with Crippen LogP contribution in [0.3, 0.4) is 0 Å². The normalized spacial score (nSPS) is 21.6. The van der Waals surface area contributed by atoms with E-state index in [0.29, 0.717) is 5.75 Å². The first-order valence-corrected chi connectivity index (χ1v) is 7.32. The summed E-state index contributed by atoms with van der Waals surface area (Å²) in [6, 6.07) is -0.518. The van der Waals surface area contributed by atoms with Gasteiger partial charge in [0.2, 0.25) is 11.8 Å². The van der Waals surface area contributed by atoms with Crippen LogP contribution >= 0.6 is 11.8 Å². The van der Waals surface area contributed by atoms with E-state index in [4.69, 9.17) is 4.74 Å². The van der Waals surface area contributed by atoms with Crippen molar-refractivity contribution < 1.29 is 23.9 Å². The van der Waals surface area contributed by atoms with Crippen LogP contribution in [0.1, 0.15) is 13.3 Å². The standard InChI is InChI=1S/C12H20N2O5S/c1-8-14(10(15)6-18-2)9(7-20-8)12(17)13-5-4-11(16)19-3/h8-9H,4-7H2,1-3H3,(H,13,17). The molecule has 2 unspecified atom stereocenters. The molecule has 1 N–H and O–H groups in total. The van der Waals surface area contributed by atoms with Gasteiger partial charge in [0.15, 0.2) is 0 Å². The van der Waals surface area contributed by atoms with Crippen molar-refractivity contribution in [1.29, 1.82) is 0 Å². The summed E-state index contributed by atoms with van der Waals surface area (Å²) < 4.78 is 9.32. The largest absolute Gasteiger partial charge is 0.469 e. The smallest absolute Gasteiger partial charge is 0.307 e. The first-order valence-electron chi connectivity index (χ1n) is 6.27. The van der Waals surface area contributed by atoms with Crippen molar-refractivity contribution in [3.63, 3.8) is 0 Å². The average Bonchev–Trinajstić information content (AvgIpc) is 2.80. The first-order chi connectivity index (χ1) is 9.51. The molecule has 20 heavy (non-hydrogen) atoms. The van der Waals surface area contributed by atoms with E-state index in [2.05, 4.69) is 10.1 Å². The van der Waals surface area contributed by atoms with Crippen LogP contribution in [0.25, 0.3) is 0 Å². The maximum atomic E-state index is 12.1. The number of nitrogens with zero attached hydrogens (tertiary/aromatic N) is 1. The van der Waals surface area contributed by atoms with Gasteiger partial charge in [-0.15, -0.1) is 11.8 Å². The summed E-state index contributed by atoms with van der Waals surface area (Å²) in [6.07, 6.45) is 0.115. The number of hydrogen-bond donors (Lipinski definition) is 1. The van der Waals surface area contributed by atoms with Gasteiger partial charge in [0.1, 0.15) is 12.6 Å². The number of carbonyl (C=O) groups excluding carboxylic acids is 3. The molecule has 0 spiro atoms. The zero-order valence-electron chi connectivity index (χ0n) is 11.9. The number of rotatable bonds is 6. The van der Waals surface area contributed by atoms with Crippen LogP contribution in [-0.2, 0) is 23.9 Å². The minimum Gasteiger partial charge on any atom is -0.469 e.